The third-order valence-corrected chi connectivity index (χ3v) is 0.734. The maximum Gasteiger partial charge on any atom is 0 e. The maximum absolute atomic E-state index is 3.92. The monoisotopic (exact) mass is 169 g/mol. The first-order chi connectivity index (χ1) is 2.89. The number of nitrogens with zero attached hydrogens (tertiary/aromatic N) is 1. The Bertz CT molecular complexity index is 102. The topological polar surface area (TPSA) is 12.4 Å². The molecule has 0 saturated carbocycles. The Balaban J connectivity index is 0.000000360. The molecule has 1 aliphatic heterocycles. The van der Waals surface area contributed by atoms with Crippen molar-refractivity contribution in [3.05, 3.63) is 11.8 Å². The van der Waals surface area contributed by atoms with Gasteiger partial charge in [-0.2, -0.15) is 0 Å². The van der Waals surface area contributed by atoms with Gasteiger partial charge in [-0.05, 0) is 6.21 Å². The van der Waals surface area contributed by atoms with E-state index >= 15 is 0 Å². The number of hydrogen-bond acceptors (Lipinski definition) is 1. The molecule has 0 bridgehead atoms. The van der Waals surface area contributed by atoms with Crippen molar-refractivity contribution >= 4 is 6.21 Å². The molecule has 1 rings (SSSR count). The second-order valence-electron chi connectivity index (χ2n) is 1.28. The molecule has 0 saturated heterocycles. The van der Waals surface area contributed by atoms with Gasteiger partial charge in [0, 0.05) is 32.7 Å². The number of aliphatic imine (C=N–C) groups is 1. The predicted molar refractivity (Wildman–Crippen MR) is 25.5 cm³/mol. The van der Waals surface area contributed by atoms with Crippen LogP contribution in [0.5, 0.6) is 0 Å². The number of hydrogen-bond donors (Lipinski definition) is 0. The van der Waals surface area contributed by atoms with Gasteiger partial charge in [-0.25, -0.2) is 0 Å². The van der Waals surface area contributed by atoms with Crippen LogP contribution in [0.3, 0.4) is 0 Å². The van der Waals surface area contributed by atoms with Gasteiger partial charge < -0.3 is 11.1 Å². The van der Waals surface area contributed by atoms with E-state index in [1.165, 1.54) is 0 Å². The zero-order chi connectivity index (χ0) is 4.41. The summed E-state index contributed by atoms with van der Waals surface area (Å²) in [5.74, 6) is 0. The van der Waals surface area contributed by atoms with E-state index in [1.54, 1.807) is 0 Å². The van der Waals surface area contributed by atoms with Crippen molar-refractivity contribution in [1.29, 1.82) is 0 Å². The van der Waals surface area contributed by atoms with Gasteiger partial charge in [-0.15, -0.1) is 12.1 Å². The summed E-state index contributed by atoms with van der Waals surface area (Å²) in [4.78, 5) is 3.92. The summed E-state index contributed by atoms with van der Waals surface area (Å²) in [5.41, 5.74) is 1.02. The Kier molecular flexibility index (Phi) is 3.77. The van der Waals surface area contributed by atoms with E-state index in [4.69, 9.17) is 0 Å². The van der Waals surface area contributed by atoms with Crippen LogP contribution >= 0.6 is 0 Å². The molecule has 0 aromatic carbocycles. The van der Waals surface area contributed by atoms with Crippen LogP contribution in [0.25, 0.3) is 0 Å². The van der Waals surface area contributed by atoms with Crippen LogP contribution in [-0.2, 0) is 32.7 Å². The minimum absolute atomic E-state index is 0. The smallest absolute Gasteiger partial charge is 0 e. The van der Waals surface area contributed by atoms with Gasteiger partial charge in [0.2, 0.25) is 0 Å². The van der Waals surface area contributed by atoms with Gasteiger partial charge in [0.25, 0.3) is 0 Å². The van der Waals surface area contributed by atoms with Gasteiger partial charge in [-0.1, -0.05) is 6.92 Å². The number of allylic oxidation sites excluding steroid dienone is 2. The van der Waals surface area contributed by atoms with Crippen LogP contribution in [0, 0.1) is 6.08 Å². The molecule has 1 heterocycles. The van der Waals surface area contributed by atoms with Gasteiger partial charge >= 0.3 is 0 Å². The van der Waals surface area contributed by atoms with E-state index in [9.17, 15) is 0 Å². The van der Waals surface area contributed by atoms with Crippen molar-refractivity contribution < 1.29 is 32.7 Å². The largest absolute Gasteiger partial charge is 0.468 e. The second kappa shape index (κ2) is 3.51. The third kappa shape index (κ3) is 2.35. The SMILES string of the molecule is CC1=[C-]CC=N1.[Y]. The van der Waals surface area contributed by atoms with Crippen LogP contribution < -0.4 is 0 Å². The first-order valence-corrected chi connectivity index (χ1v) is 1.99. The molecule has 0 atom stereocenters. The molecule has 2 heteroatoms. The van der Waals surface area contributed by atoms with Crippen LogP contribution in [0.15, 0.2) is 10.7 Å². The summed E-state index contributed by atoms with van der Waals surface area (Å²) in [6.45, 7) is 1.95. The van der Waals surface area contributed by atoms with E-state index < -0.39 is 0 Å². The van der Waals surface area contributed by atoms with Crippen molar-refractivity contribution in [2.75, 3.05) is 0 Å². The van der Waals surface area contributed by atoms with Gasteiger partial charge in [0.1, 0.15) is 0 Å². The molecule has 0 amide bonds. The van der Waals surface area contributed by atoms with Gasteiger partial charge in [0.15, 0.2) is 0 Å². The Hall–Kier alpha value is 0.514. The maximum atomic E-state index is 3.92. The second-order valence-corrected chi connectivity index (χ2v) is 1.28. The third-order valence-electron chi connectivity index (χ3n) is 0.734. The van der Waals surface area contributed by atoms with E-state index in [-0.39, 0.29) is 32.7 Å². The van der Waals surface area contributed by atoms with Crippen molar-refractivity contribution in [2.45, 2.75) is 13.3 Å². The molecular formula is C5H6NY-. The molecule has 0 spiro atoms. The van der Waals surface area contributed by atoms with Gasteiger partial charge in [0.05, 0.1) is 0 Å². The zero-order valence-electron chi connectivity index (χ0n) is 4.31. The molecule has 35 valence electrons. The fourth-order valence-electron chi connectivity index (χ4n) is 0.422. The molecule has 0 N–H and O–H groups in total. The van der Waals surface area contributed by atoms with E-state index in [0.717, 1.165) is 12.1 Å². The average Bonchev–Trinajstić information content (AvgIpc) is 1.86. The fourth-order valence-corrected chi connectivity index (χ4v) is 0.422. The molecule has 7 heavy (non-hydrogen) atoms. The first-order valence-electron chi connectivity index (χ1n) is 1.99. The Morgan fingerprint density at radius 3 is 2.71 bits per heavy atom. The molecule has 1 aliphatic rings. The van der Waals surface area contributed by atoms with Crippen molar-refractivity contribution in [1.82, 2.24) is 0 Å². The molecule has 0 unspecified atom stereocenters. The molecular weight excluding hydrogens is 163 g/mol. The normalized spacial score (nSPS) is 15.9. The summed E-state index contributed by atoms with van der Waals surface area (Å²) in [5, 5.41) is 0. The number of rotatable bonds is 0. The average molecular weight is 169 g/mol. The van der Waals surface area contributed by atoms with Crippen LogP contribution in [-0.4, -0.2) is 6.21 Å². The fraction of sp³-hybridized carbons (Fsp3) is 0.400. The molecule has 0 aromatic heterocycles. The van der Waals surface area contributed by atoms with Crippen molar-refractivity contribution in [3.63, 3.8) is 0 Å². The van der Waals surface area contributed by atoms with Crippen LogP contribution in [0.4, 0.5) is 0 Å². The summed E-state index contributed by atoms with van der Waals surface area (Å²) in [6.07, 6.45) is 5.78. The minimum atomic E-state index is 0. The van der Waals surface area contributed by atoms with Crippen LogP contribution in [0.2, 0.25) is 0 Å². The summed E-state index contributed by atoms with van der Waals surface area (Å²) < 4.78 is 0. The van der Waals surface area contributed by atoms with E-state index in [0.29, 0.717) is 0 Å². The predicted octanol–water partition coefficient (Wildman–Crippen LogP) is 1.17. The molecule has 0 aliphatic carbocycles. The van der Waals surface area contributed by atoms with E-state index in [2.05, 4.69) is 11.1 Å². The standard InChI is InChI=1S/C5H6N.Y/c1-5-3-2-4-6-5;/h4H,2H2,1H3;/q-1;. The van der Waals surface area contributed by atoms with Crippen molar-refractivity contribution in [2.24, 2.45) is 4.99 Å². The van der Waals surface area contributed by atoms with Crippen molar-refractivity contribution in [3.8, 4) is 0 Å². The van der Waals surface area contributed by atoms with Gasteiger partial charge in [-0.3, -0.25) is 0 Å². The molecule has 1 nitrogen and oxygen atoms in total. The van der Waals surface area contributed by atoms with Crippen LogP contribution in [0.1, 0.15) is 13.3 Å². The molecule has 0 aromatic rings. The first kappa shape index (κ1) is 7.51. The summed E-state index contributed by atoms with van der Waals surface area (Å²) in [7, 11) is 0. The van der Waals surface area contributed by atoms with E-state index in [1.807, 2.05) is 13.1 Å². The Morgan fingerprint density at radius 1 is 1.86 bits per heavy atom. The quantitative estimate of drug-likeness (QED) is 0.482. The minimum Gasteiger partial charge on any atom is -0.468 e. The Morgan fingerprint density at radius 2 is 2.57 bits per heavy atom. The Labute approximate surface area is 68.8 Å². The summed E-state index contributed by atoms with van der Waals surface area (Å²) >= 11 is 0. The molecule has 1 radical (unpaired) electrons. The zero-order valence-corrected chi connectivity index (χ0v) is 7.15. The molecule has 0 fully saturated rings. The summed E-state index contributed by atoms with van der Waals surface area (Å²) in [6, 6.07) is 0.